The zero-order valence-electron chi connectivity index (χ0n) is 20.3. The normalized spacial score (nSPS) is 23.1. The van der Waals surface area contributed by atoms with Crippen molar-refractivity contribution in [1.82, 2.24) is 4.90 Å². The molecule has 2 aliphatic heterocycles. The van der Waals surface area contributed by atoms with Crippen molar-refractivity contribution in [1.29, 1.82) is 0 Å². The second kappa shape index (κ2) is 9.85. The summed E-state index contributed by atoms with van der Waals surface area (Å²) in [6.45, 7) is 11.3. The van der Waals surface area contributed by atoms with Gasteiger partial charge < -0.3 is 9.47 Å². The van der Waals surface area contributed by atoms with Gasteiger partial charge in [-0.15, -0.1) is 0 Å². The molecule has 2 heterocycles. The van der Waals surface area contributed by atoms with Crippen LogP contribution < -0.4 is 10.6 Å². The van der Waals surface area contributed by atoms with Gasteiger partial charge in [-0.1, -0.05) is 74.5 Å². The molecule has 0 radical (unpaired) electrons. The van der Waals surface area contributed by atoms with Gasteiger partial charge in [0.15, 0.2) is 0 Å². The summed E-state index contributed by atoms with van der Waals surface area (Å²) in [4.78, 5) is 20.0. The topological polar surface area (TPSA) is 51.1 Å². The molecule has 0 saturated carbocycles. The van der Waals surface area contributed by atoms with Gasteiger partial charge in [0.2, 0.25) is 5.90 Å². The van der Waals surface area contributed by atoms with Crippen LogP contribution in [-0.2, 0) is 9.47 Å². The van der Waals surface area contributed by atoms with E-state index in [1.807, 2.05) is 25.7 Å². The highest BCUT2D eigenvalue weighted by molar-refractivity contribution is 7.73. The Morgan fingerprint density at radius 3 is 2.12 bits per heavy atom. The molecule has 5 nitrogen and oxygen atoms in total. The first-order chi connectivity index (χ1) is 15.7. The lowest BCUT2D eigenvalue weighted by Gasteiger charge is -2.28. The molecule has 0 spiro atoms. The molecule has 2 aliphatic rings. The van der Waals surface area contributed by atoms with E-state index in [9.17, 15) is 4.79 Å². The number of carbonyl (C=O) groups is 1. The standard InChI is InChI=1S/C27H35N2O3P/c1-19(2)23-18-31-25(28-23)24-16-22(17-29(24)26(30)32-27(3,4)5)33(20-12-8-6-9-13-20)21-14-10-7-11-15-21/h6-15,19,22-24H,16-18H2,1-5H3. The Morgan fingerprint density at radius 1 is 1.06 bits per heavy atom. The fourth-order valence-electron chi connectivity index (χ4n) is 4.44. The molecule has 1 saturated heterocycles. The van der Waals surface area contributed by atoms with Crippen LogP contribution in [0.15, 0.2) is 65.7 Å². The lowest BCUT2D eigenvalue weighted by Crippen LogP contribution is -2.43. The lowest BCUT2D eigenvalue weighted by atomic mass is 10.1. The van der Waals surface area contributed by atoms with Gasteiger partial charge in [-0.2, -0.15) is 0 Å². The van der Waals surface area contributed by atoms with Crippen molar-refractivity contribution in [2.45, 2.75) is 64.4 Å². The summed E-state index contributed by atoms with van der Waals surface area (Å²) >= 11 is 0. The zero-order valence-corrected chi connectivity index (χ0v) is 21.2. The van der Waals surface area contributed by atoms with Crippen LogP contribution in [0.25, 0.3) is 0 Å². The van der Waals surface area contributed by atoms with Crippen LogP contribution in [0, 0.1) is 5.92 Å². The summed E-state index contributed by atoms with van der Waals surface area (Å²) in [5, 5.41) is 2.64. The molecule has 0 aliphatic carbocycles. The van der Waals surface area contributed by atoms with Gasteiger partial charge in [-0.05, 0) is 51.6 Å². The molecule has 3 unspecified atom stereocenters. The van der Waals surface area contributed by atoms with Crippen molar-refractivity contribution in [2.24, 2.45) is 10.9 Å². The average Bonchev–Trinajstić information content (AvgIpc) is 3.42. The van der Waals surface area contributed by atoms with Crippen LogP contribution in [0.1, 0.15) is 41.0 Å². The second-order valence-electron chi connectivity index (χ2n) is 10.2. The molecule has 3 atom stereocenters. The third-order valence-electron chi connectivity index (χ3n) is 6.09. The third-order valence-corrected chi connectivity index (χ3v) is 8.90. The van der Waals surface area contributed by atoms with E-state index in [0.717, 1.165) is 6.42 Å². The van der Waals surface area contributed by atoms with E-state index in [1.165, 1.54) is 10.6 Å². The maximum absolute atomic E-state index is 13.3. The summed E-state index contributed by atoms with van der Waals surface area (Å²) in [6, 6.07) is 21.3. The highest BCUT2D eigenvalue weighted by atomic mass is 31.1. The molecule has 0 N–H and O–H groups in total. The number of hydrogen-bond donors (Lipinski definition) is 0. The maximum atomic E-state index is 13.3. The number of benzene rings is 2. The van der Waals surface area contributed by atoms with E-state index < -0.39 is 13.5 Å². The van der Waals surface area contributed by atoms with E-state index in [-0.39, 0.29) is 23.8 Å². The van der Waals surface area contributed by atoms with Crippen LogP contribution >= 0.6 is 7.92 Å². The highest BCUT2D eigenvalue weighted by Gasteiger charge is 2.45. The fourth-order valence-corrected chi connectivity index (χ4v) is 7.32. The Balaban J connectivity index is 1.68. The van der Waals surface area contributed by atoms with Crippen LogP contribution in [0.4, 0.5) is 4.79 Å². The van der Waals surface area contributed by atoms with Crippen LogP contribution in [0.2, 0.25) is 0 Å². The number of carbonyl (C=O) groups excluding carboxylic acids is 1. The fraction of sp³-hybridized carbons (Fsp3) is 0.481. The van der Waals surface area contributed by atoms with E-state index in [1.54, 1.807) is 0 Å². The van der Waals surface area contributed by atoms with Gasteiger partial charge in [0.05, 0.1) is 6.04 Å². The highest BCUT2D eigenvalue weighted by Crippen LogP contribution is 2.46. The zero-order chi connectivity index (χ0) is 23.6. The number of ether oxygens (including phenoxy) is 2. The number of amides is 1. The molecular formula is C27H35N2O3P. The molecule has 6 heteroatoms. The minimum atomic E-state index is -0.661. The molecule has 2 aromatic rings. The van der Waals surface area contributed by atoms with Gasteiger partial charge in [-0.3, -0.25) is 4.90 Å². The van der Waals surface area contributed by atoms with E-state index in [0.29, 0.717) is 25.0 Å². The van der Waals surface area contributed by atoms with Crippen LogP contribution in [-0.4, -0.2) is 53.4 Å². The van der Waals surface area contributed by atoms with Crippen molar-refractivity contribution in [2.75, 3.05) is 13.2 Å². The SMILES string of the molecule is CC(C)C1COC(C2CC(P(c3ccccc3)c3ccccc3)CN2C(=O)OC(C)(C)C)=N1. The first kappa shape index (κ1) is 23.8. The monoisotopic (exact) mass is 466 g/mol. The van der Waals surface area contributed by atoms with Crippen LogP contribution in [0.5, 0.6) is 0 Å². The Labute approximate surface area is 198 Å². The predicted octanol–water partition coefficient (Wildman–Crippen LogP) is 4.95. The van der Waals surface area contributed by atoms with E-state index in [2.05, 4.69) is 74.5 Å². The molecule has 0 bridgehead atoms. The van der Waals surface area contributed by atoms with E-state index in [4.69, 9.17) is 14.5 Å². The number of hydrogen-bond acceptors (Lipinski definition) is 4. The first-order valence-electron chi connectivity index (χ1n) is 11.8. The van der Waals surface area contributed by atoms with Gasteiger partial charge in [0, 0.05) is 12.2 Å². The first-order valence-corrected chi connectivity index (χ1v) is 13.2. The lowest BCUT2D eigenvalue weighted by molar-refractivity contribution is 0.0254. The number of rotatable bonds is 5. The minimum Gasteiger partial charge on any atom is -0.477 e. The summed E-state index contributed by atoms with van der Waals surface area (Å²) in [5.74, 6) is 1.10. The molecule has 1 fully saturated rings. The molecule has 176 valence electrons. The van der Waals surface area contributed by atoms with Crippen LogP contribution in [0.3, 0.4) is 0 Å². The summed E-state index contributed by atoms with van der Waals surface area (Å²) in [5.41, 5.74) is -0.269. The van der Waals surface area contributed by atoms with Crippen molar-refractivity contribution in [3.8, 4) is 0 Å². The van der Waals surface area contributed by atoms with Crippen molar-refractivity contribution < 1.29 is 14.3 Å². The number of nitrogens with zero attached hydrogens (tertiary/aromatic N) is 2. The summed E-state index contributed by atoms with van der Waals surface area (Å²) < 4.78 is 11.9. The van der Waals surface area contributed by atoms with Gasteiger partial charge in [-0.25, -0.2) is 9.79 Å². The quantitative estimate of drug-likeness (QED) is 0.586. The number of aliphatic imine (C=N–C) groups is 1. The Hall–Kier alpha value is -2.39. The summed E-state index contributed by atoms with van der Waals surface area (Å²) in [6.07, 6.45) is 0.531. The van der Waals surface area contributed by atoms with Crippen molar-refractivity contribution in [3.63, 3.8) is 0 Å². The average molecular weight is 467 g/mol. The third kappa shape index (κ3) is 5.58. The minimum absolute atomic E-state index is 0.143. The van der Waals surface area contributed by atoms with Gasteiger partial charge in [0.25, 0.3) is 0 Å². The Bertz CT molecular complexity index is 932. The molecule has 2 aromatic carbocycles. The maximum Gasteiger partial charge on any atom is 0.410 e. The molecule has 1 amide bonds. The smallest absolute Gasteiger partial charge is 0.410 e. The molecule has 0 aromatic heterocycles. The number of likely N-dealkylation sites (tertiary alicyclic amines) is 1. The van der Waals surface area contributed by atoms with Gasteiger partial charge >= 0.3 is 6.09 Å². The molecule has 33 heavy (non-hydrogen) atoms. The largest absolute Gasteiger partial charge is 0.477 e. The van der Waals surface area contributed by atoms with E-state index >= 15 is 0 Å². The van der Waals surface area contributed by atoms with Crippen molar-refractivity contribution >= 4 is 30.5 Å². The molecular weight excluding hydrogens is 431 g/mol. The molecule has 4 rings (SSSR count). The predicted molar refractivity (Wildman–Crippen MR) is 136 cm³/mol. The Morgan fingerprint density at radius 2 is 1.64 bits per heavy atom. The van der Waals surface area contributed by atoms with Gasteiger partial charge in [0.1, 0.15) is 18.2 Å². The summed E-state index contributed by atoms with van der Waals surface area (Å²) in [7, 11) is -0.661. The van der Waals surface area contributed by atoms with Crippen molar-refractivity contribution in [3.05, 3.63) is 60.7 Å². The Kier molecular flexibility index (Phi) is 7.09. The second-order valence-corrected chi connectivity index (χ2v) is 12.7.